The molecule has 3 heterocycles. The zero-order valence-electron chi connectivity index (χ0n) is 16.6. The second kappa shape index (κ2) is 7.79. The van der Waals surface area contributed by atoms with Gasteiger partial charge in [0.05, 0.1) is 6.04 Å². The predicted molar refractivity (Wildman–Crippen MR) is 110 cm³/mol. The van der Waals surface area contributed by atoms with Crippen LogP contribution in [0.5, 0.6) is 0 Å². The average Bonchev–Trinajstić information content (AvgIpc) is 2.74. The normalized spacial score (nSPS) is 27.9. The molecule has 0 spiro atoms. The van der Waals surface area contributed by atoms with Gasteiger partial charge in [-0.15, -0.1) is 0 Å². The van der Waals surface area contributed by atoms with Crippen LogP contribution in [-0.2, 0) is 11.2 Å². The summed E-state index contributed by atoms with van der Waals surface area (Å²) in [5.74, 6) is 0.264. The van der Waals surface area contributed by atoms with Crippen LogP contribution in [0.2, 0.25) is 0 Å². The van der Waals surface area contributed by atoms with Gasteiger partial charge < -0.3 is 10.1 Å². The van der Waals surface area contributed by atoms with E-state index in [1.807, 2.05) is 12.1 Å². The number of amides is 1. The molecule has 0 aromatic heterocycles. The third-order valence-electron chi connectivity index (χ3n) is 6.76. The van der Waals surface area contributed by atoms with Crippen LogP contribution in [-0.4, -0.2) is 36.7 Å². The molecule has 1 aliphatic carbocycles. The first kappa shape index (κ1) is 18.6. The van der Waals surface area contributed by atoms with Crippen molar-refractivity contribution in [2.75, 3.05) is 19.6 Å². The van der Waals surface area contributed by atoms with Gasteiger partial charge in [0.25, 0.3) is 0 Å². The van der Waals surface area contributed by atoms with Gasteiger partial charge in [-0.25, -0.2) is 9.18 Å². The van der Waals surface area contributed by atoms with E-state index in [4.69, 9.17) is 4.74 Å². The smallest absolute Gasteiger partial charge is 0.407 e. The Balaban J connectivity index is 1.32. The monoisotopic (exact) mass is 394 g/mol. The number of alkyl carbamates (subject to hydrolysis) is 1. The van der Waals surface area contributed by atoms with Gasteiger partial charge in [0.15, 0.2) is 0 Å². The average molecular weight is 394 g/mol. The zero-order chi connectivity index (χ0) is 19.8. The summed E-state index contributed by atoms with van der Waals surface area (Å²) in [6, 6.07) is 12.8. The molecule has 2 aromatic carbocycles. The molecule has 2 bridgehead atoms. The Kier molecular flexibility index (Phi) is 5.00. The molecule has 1 unspecified atom stereocenters. The number of halogens is 1. The lowest BCUT2D eigenvalue weighted by atomic mass is 9.85. The Bertz CT molecular complexity index is 908. The van der Waals surface area contributed by atoms with Crippen LogP contribution in [0.25, 0.3) is 11.1 Å². The summed E-state index contributed by atoms with van der Waals surface area (Å²) < 4.78 is 19.5. The minimum absolute atomic E-state index is 0.0131. The number of rotatable bonds is 3. The van der Waals surface area contributed by atoms with E-state index >= 15 is 0 Å². The van der Waals surface area contributed by atoms with E-state index in [0.29, 0.717) is 5.92 Å². The van der Waals surface area contributed by atoms with Gasteiger partial charge in [-0.05, 0) is 91.6 Å². The van der Waals surface area contributed by atoms with Crippen molar-refractivity contribution in [3.8, 4) is 11.1 Å². The number of piperidine rings is 3. The molecule has 1 N–H and O–H groups in total. The number of benzene rings is 2. The third-order valence-corrected chi connectivity index (χ3v) is 6.76. The van der Waals surface area contributed by atoms with Crippen molar-refractivity contribution >= 4 is 6.09 Å². The molecule has 4 nitrogen and oxygen atoms in total. The van der Waals surface area contributed by atoms with Crippen LogP contribution in [0.3, 0.4) is 0 Å². The number of carbonyl (C=O) groups excluding carboxylic acids is 1. The van der Waals surface area contributed by atoms with Crippen molar-refractivity contribution in [3.05, 3.63) is 59.4 Å². The van der Waals surface area contributed by atoms with Crippen molar-refractivity contribution in [1.82, 2.24) is 10.2 Å². The lowest BCUT2D eigenvalue weighted by Gasteiger charge is -2.44. The largest absolute Gasteiger partial charge is 0.445 e. The van der Waals surface area contributed by atoms with Crippen molar-refractivity contribution in [1.29, 1.82) is 0 Å². The summed E-state index contributed by atoms with van der Waals surface area (Å²) >= 11 is 0. The van der Waals surface area contributed by atoms with Gasteiger partial charge in [0.2, 0.25) is 0 Å². The highest BCUT2D eigenvalue weighted by Crippen LogP contribution is 2.34. The number of aryl methyl sites for hydroxylation is 1. The third kappa shape index (κ3) is 3.88. The highest BCUT2D eigenvalue weighted by Gasteiger charge is 2.37. The molecule has 0 saturated carbocycles. The first-order valence-electron chi connectivity index (χ1n) is 10.7. The Hall–Kier alpha value is -2.40. The van der Waals surface area contributed by atoms with E-state index < -0.39 is 0 Å². The summed E-state index contributed by atoms with van der Waals surface area (Å²) in [5, 5.41) is 3.12. The molecule has 2 atom stereocenters. The summed E-state index contributed by atoms with van der Waals surface area (Å²) in [6.45, 7) is 3.12. The quantitative estimate of drug-likeness (QED) is 0.821. The van der Waals surface area contributed by atoms with Gasteiger partial charge in [-0.1, -0.05) is 24.3 Å². The molecule has 152 valence electrons. The number of ether oxygens (including phenoxy) is 1. The maximum atomic E-state index is 13.7. The first-order chi connectivity index (χ1) is 14.2. The maximum Gasteiger partial charge on any atom is 0.407 e. The van der Waals surface area contributed by atoms with E-state index in [1.54, 1.807) is 12.1 Å². The van der Waals surface area contributed by atoms with E-state index in [9.17, 15) is 9.18 Å². The Morgan fingerprint density at radius 3 is 2.66 bits per heavy atom. The van der Waals surface area contributed by atoms with E-state index in [-0.39, 0.29) is 24.1 Å². The maximum absolute atomic E-state index is 13.7. The topological polar surface area (TPSA) is 41.6 Å². The fraction of sp³-hybridized carbons (Fsp3) is 0.458. The fourth-order valence-electron chi connectivity index (χ4n) is 5.15. The van der Waals surface area contributed by atoms with Crippen molar-refractivity contribution < 1.29 is 13.9 Å². The van der Waals surface area contributed by atoms with Crippen molar-refractivity contribution in [2.24, 2.45) is 5.92 Å². The Labute approximate surface area is 171 Å². The number of nitrogens with zero attached hydrogens (tertiary/aromatic N) is 1. The number of hydrogen-bond donors (Lipinski definition) is 1. The molecule has 2 aromatic rings. The van der Waals surface area contributed by atoms with Crippen LogP contribution >= 0.6 is 0 Å². The van der Waals surface area contributed by atoms with Gasteiger partial charge >= 0.3 is 6.09 Å². The summed E-state index contributed by atoms with van der Waals surface area (Å²) in [7, 11) is 0. The van der Waals surface area contributed by atoms with Crippen LogP contribution in [0.15, 0.2) is 42.5 Å². The zero-order valence-corrected chi connectivity index (χ0v) is 16.6. The van der Waals surface area contributed by atoms with Crippen LogP contribution < -0.4 is 5.32 Å². The second-order valence-corrected chi connectivity index (χ2v) is 8.59. The van der Waals surface area contributed by atoms with E-state index in [2.05, 4.69) is 22.3 Å². The molecule has 5 heteroatoms. The Morgan fingerprint density at radius 2 is 1.90 bits per heavy atom. The molecular weight excluding hydrogens is 367 g/mol. The fourth-order valence-corrected chi connectivity index (χ4v) is 5.15. The lowest BCUT2D eigenvalue weighted by molar-refractivity contribution is -0.0340. The number of nitrogens with one attached hydrogen (secondary N) is 1. The van der Waals surface area contributed by atoms with E-state index in [1.165, 1.54) is 11.6 Å². The Morgan fingerprint density at radius 1 is 1.07 bits per heavy atom. The van der Waals surface area contributed by atoms with Gasteiger partial charge in [0.1, 0.15) is 11.9 Å². The predicted octanol–water partition coefficient (Wildman–Crippen LogP) is 4.69. The van der Waals surface area contributed by atoms with Gasteiger partial charge in [0, 0.05) is 6.54 Å². The highest BCUT2D eigenvalue weighted by molar-refractivity contribution is 5.70. The van der Waals surface area contributed by atoms with Crippen molar-refractivity contribution in [2.45, 2.75) is 44.2 Å². The van der Waals surface area contributed by atoms with Crippen LogP contribution in [0.4, 0.5) is 9.18 Å². The lowest BCUT2D eigenvalue weighted by Crippen LogP contribution is -2.52. The summed E-state index contributed by atoms with van der Waals surface area (Å²) in [6.07, 6.45) is 4.90. The van der Waals surface area contributed by atoms with Crippen LogP contribution in [0.1, 0.15) is 42.9 Å². The molecule has 6 rings (SSSR count). The molecule has 0 radical (unpaired) electrons. The molecule has 4 aliphatic rings. The minimum Gasteiger partial charge on any atom is -0.445 e. The number of hydrogen-bond acceptors (Lipinski definition) is 3. The molecule has 1 amide bonds. The molecule has 3 aliphatic heterocycles. The second-order valence-electron chi connectivity index (χ2n) is 8.59. The summed E-state index contributed by atoms with van der Waals surface area (Å²) in [5.41, 5.74) is 4.21. The molecule has 3 saturated heterocycles. The number of carbonyl (C=O) groups is 1. The highest BCUT2D eigenvalue weighted by atomic mass is 19.1. The van der Waals surface area contributed by atoms with Crippen molar-refractivity contribution in [3.63, 3.8) is 0 Å². The molecule has 29 heavy (non-hydrogen) atoms. The SMILES string of the molecule is O=C(NC1CCCc2ccc(-c3cccc(F)c3)cc21)O[C@@H]1CN2CCC1CC2. The molecule has 3 fully saturated rings. The minimum atomic E-state index is -0.308. The number of fused-ring (bicyclic) bond motifs is 4. The van der Waals surface area contributed by atoms with Crippen LogP contribution in [0, 0.1) is 11.7 Å². The van der Waals surface area contributed by atoms with Gasteiger partial charge in [-0.3, -0.25) is 4.90 Å². The van der Waals surface area contributed by atoms with E-state index in [0.717, 1.165) is 68.4 Å². The van der Waals surface area contributed by atoms with Gasteiger partial charge in [-0.2, -0.15) is 0 Å². The summed E-state index contributed by atoms with van der Waals surface area (Å²) in [4.78, 5) is 15.1. The standard InChI is InChI=1S/C24H27FN2O2/c25-20-5-1-4-18(13-20)19-8-7-16-3-2-6-22(21(16)14-19)26-24(28)29-23-15-27-11-9-17(23)10-12-27/h1,4-5,7-8,13-14,17,22-23H,2-3,6,9-12,15H2,(H,26,28)/t22?,23-/m1/s1. The first-order valence-corrected chi connectivity index (χ1v) is 10.7. The molecular formula is C24H27FN2O2.